The first-order valence-electron chi connectivity index (χ1n) is 10.7. The van der Waals surface area contributed by atoms with E-state index in [0.717, 1.165) is 17.5 Å². The van der Waals surface area contributed by atoms with Crippen LogP contribution in [-0.2, 0) is 17.7 Å². The molecule has 5 atom stereocenters. The molecule has 0 bridgehead atoms. The van der Waals surface area contributed by atoms with Crippen LogP contribution in [0.5, 0.6) is 0 Å². The zero-order valence-corrected chi connectivity index (χ0v) is 17.5. The van der Waals surface area contributed by atoms with Crippen molar-refractivity contribution in [3.05, 3.63) is 71.2 Å². The average molecular weight is 445 g/mol. The van der Waals surface area contributed by atoms with Crippen LogP contribution in [0, 0.1) is 5.82 Å². The highest BCUT2D eigenvalue weighted by atomic mass is 19.1. The van der Waals surface area contributed by atoms with Gasteiger partial charge < -0.3 is 34.8 Å². The van der Waals surface area contributed by atoms with Crippen LogP contribution in [0.3, 0.4) is 0 Å². The first-order chi connectivity index (χ1) is 15.4. The Labute approximate surface area is 184 Å². The molecule has 5 N–H and O–H groups in total. The molecule has 1 fully saturated rings. The highest BCUT2D eigenvalue weighted by Gasteiger charge is 2.44. The third-order valence-corrected chi connectivity index (χ3v) is 6.08. The Kier molecular flexibility index (Phi) is 6.90. The number of fused-ring (bicyclic) bond motifs is 1. The number of ether oxygens (including phenoxy) is 1. The SMILES string of the molecule is OCCCc1ccc(Cn2cc([C@@H]3O[C@H](CO)[C@@H](O)[C@H](O)[C@H]3O)c3cccc(F)c32)cc1. The van der Waals surface area contributed by atoms with Crippen LogP contribution in [-0.4, -0.2) is 67.7 Å². The molecule has 0 unspecified atom stereocenters. The minimum absolute atomic E-state index is 0.136. The number of benzene rings is 2. The van der Waals surface area contributed by atoms with Gasteiger partial charge in [0.2, 0.25) is 0 Å². The van der Waals surface area contributed by atoms with E-state index in [1.165, 1.54) is 6.07 Å². The fourth-order valence-corrected chi connectivity index (χ4v) is 4.34. The summed E-state index contributed by atoms with van der Waals surface area (Å²) in [4.78, 5) is 0. The fraction of sp³-hybridized carbons (Fsp3) is 0.417. The van der Waals surface area contributed by atoms with Crippen molar-refractivity contribution >= 4 is 10.9 Å². The number of aromatic nitrogens is 1. The number of hydrogen-bond donors (Lipinski definition) is 5. The Morgan fingerprint density at radius 2 is 1.62 bits per heavy atom. The second-order valence-electron chi connectivity index (χ2n) is 8.24. The van der Waals surface area contributed by atoms with Gasteiger partial charge in [-0.2, -0.15) is 0 Å². The molecular formula is C24H28FNO6. The van der Waals surface area contributed by atoms with Crippen molar-refractivity contribution in [3.63, 3.8) is 0 Å². The van der Waals surface area contributed by atoms with Crippen LogP contribution in [0.1, 0.15) is 29.2 Å². The van der Waals surface area contributed by atoms with Crippen LogP contribution in [0.2, 0.25) is 0 Å². The van der Waals surface area contributed by atoms with Crippen LogP contribution >= 0.6 is 0 Å². The quantitative estimate of drug-likeness (QED) is 0.374. The largest absolute Gasteiger partial charge is 0.396 e. The molecule has 4 rings (SSSR count). The molecule has 2 heterocycles. The van der Waals surface area contributed by atoms with E-state index in [9.17, 15) is 24.8 Å². The maximum atomic E-state index is 14.8. The molecular weight excluding hydrogens is 417 g/mol. The second-order valence-corrected chi connectivity index (χ2v) is 8.24. The number of aryl methyl sites for hydroxylation is 1. The second kappa shape index (κ2) is 9.66. The molecule has 1 aliphatic heterocycles. The standard InChI is InChI=1S/C24H28FNO6/c25-18-5-1-4-16-17(24-23(31)22(30)21(29)19(13-28)32-24)12-26(20(16)18)11-15-8-6-14(7-9-15)3-2-10-27/h1,4-9,12,19,21-24,27-31H,2-3,10-11,13H2/t19-,21-,22+,23-,24+/m1/s1. The van der Waals surface area contributed by atoms with Crippen molar-refractivity contribution in [2.45, 2.75) is 49.9 Å². The van der Waals surface area contributed by atoms with Gasteiger partial charge in [-0.05, 0) is 30.0 Å². The molecule has 0 saturated carbocycles. The smallest absolute Gasteiger partial charge is 0.147 e. The molecule has 3 aromatic rings. The van der Waals surface area contributed by atoms with Crippen LogP contribution in [0.15, 0.2) is 48.7 Å². The minimum atomic E-state index is -1.51. The average Bonchev–Trinajstić information content (AvgIpc) is 3.16. The summed E-state index contributed by atoms with van der Waals surface area (Å²) >= 11 is 0. The minimum Gasteiger partial charge on any atom is -0.396 e. The van der Waals surface area contributed by atoms with Crippen LogP contribution < -0.4 is 0 Å². The Hall–Kier alpha value is -2.33. The Morgan fingerprint density at radius 1 is 0.906 bits per heavy atom. The van der Waals surface area contributed by atoms with Gasteiger partial charge in [-0.25, -0.2) is 4.39 Å². The topological polar surface area (TPSA) is 115 Å². The van der Waals surface area contributed by atoms with E-state index >= 15 is 0 Å². The first kappa shape index (κ1) is 22.8. The van der Waals surface area contributed by atoms with Gasteiger partial charge in [0, 0.05) is 30.3 Å². The molecule has 0 radical (unpaired) electrons. The number of para-hydroxylation sites is 1. The Balaban J connectivity index is 1.69. The summed E-state index contributed by atoms with van der Waals surface area (Å²) in [5, 5.41) is 49.9. The maximum absolute atomic E-state index is 14.8. The van der Waals surface area contributed by atoms with Crippen molar-refractivity contribution in [1.82, 2.24) is 4.57 Å². The van der Waals surface area contributed by atoms with Gasteiger partial charge in [-0.3, -0.25) is 0 Å². The molecule has 1 saturated heterocycles. The van der Waals surface area contributed by atoms with Gasteiger partial charge in [0.1, 0.15) is 36.3 Å². The van der Waals surface area contributed by atoms with Gasteiger partial charge in [-0.15, -0.1) is 0 Å². The van der Waals surface area contributed by atoms with E-state index in [2.05, 4.69) is 0 Å². The van der Waals surface area contributed by atoms with Crippen molar-refractivity contribution in [2.75, 3.05) is 13.2 Å². The van der Waals surface area contributed by atoms with E-state index in [-0.39, 0.29) is 6.61 Å². The van der Waals surface area contributed by atoms with Crippen molar-refractivity contribution in [3.8, 4) is 0 Å². The summed E-state index contributed by atoms with van der Waals surface area (Å²) < 4.78 is 22.3. The molecule has 8 heteroatoms. The maximum Gasteiger partial charge on any atom is 0.147 e. The summed E-state index contributed by atoms with van der Waals surface area (Å²) in [7, 11) is 0. The number of rotatable bonds is 7. The summed E-state index contributed by atoms with van der Waals surface area (Å²) in [5.41, 5.74) is 2.85. The highest BCUT2D eigenvalue weighted by Crippen LogP contribution is 2.37. The summed E-state index contributed by atoms with van der Waals surface area (Å²) in [6.45, 7) is -0.0245. The van der Waals surface area contributed by atoms with Gasteiger partial charge in [0.15, 0.2) is 0 Å². The number of hydrogen-bond acceptors (Lipinski definition) is 6. The first-order valence-corrected chi connectivity index (χ1v) is 10.7. The zero-order valence-electron chi connectivity index (χ0n) is 17.5. The molecule has 2 aromatic carbocycles. The number of aliphatic hydroxyl groups is 5. The van der Waals surface area contributed by atoms with Gasteiger partial charge in [0.25, 0.3) is 0 Å². The lowest BCUT2D eigenvalue weighted by Crippen LogP contribution is -2.55. The molecule has 0 spiro atoms. The van der Waals surface area contributed by atoms with E-state index in [4.69, 9.17) is 9.84 Å². The predicted molar refractivity (Wildman–Crippen MR) is 116 cm³/mol. The van der Waals surface area contributed by atoms with Gasteiger partial charge in [0.05, 0.1) is 12.1 Å². The van der Waals surface area contributed by atoms with E-state index < -0.39 is 42.9 Å². The summed E-state index contributed by atoms with van der Waals surface area (Å²) in [6.07, 6.45) is -3.35. The van der Waals surface area contributed by atoms with E-state index in [1.54, 1.807) is 22.9 Å². The molecule has 1 aliphatic rings. The summed E-state index contributed by atoms with van der Waals surface area (Å²) in [5.74, 6) is -0.432. The molecule has 0 aliphatic carbocycles. The number of nitrogens with zero attached hydrogens (tertiary/aromatic N) is 1. The fourth-order valence-electron chi connectivity index (χ4n) is 4.34. The van der Waals surface area contributed by atoms with Crippen molar-refractivity contribution in [2.24, 2.45) is 0 Å². The van der Waals surface area contributed by atoms with E-state index in [1.807, 2.05) is 24.3 Å². The highest BCUT2D eigenvalue weighted by molar-refractivity contribution is 5.85. The lowest BCUT2D eigenvalue weighted by molar-refractivity contribution is -0.231. The molecule has 172 valence electrons. The third kappa shape index (κ3) is 4.30. The molecule has 7 nitrogen and oxygen atoms in total. The van der Waals surface area contributed by atoms with Crippen molar-refractivity contribution in [1.29, 1.82) is 0 Å². The van der Waals surface area contributed by atoms with Crippen molar-refractivity contribution < 1.29 is 34.7 Å². The van der Waals surface area contributed by atoms with Crippen LogP contribution in [0.4, 0.5) is 4.39 Å². The Bertz CT molecular complexity index is 1050. The Morgan fingerprint density at radius 3 is 2.31 bits per heavy atom. The number of aliphatic hydroxyl groups excluding tert-OH is 5. The summed E-state index contributed by atoms with van der Waals surface area (Å²) in [6, 6.07) is 12.5. The normalized spacial score (nSPS) is 26.0. The number of halogens is 1. The molecule has 32 heavy (non-hydrogen) atoms. The lowest BCUT2D eigenvalue weighted by atomic mass is 9.91. The van der Waals surface area contributed by atoms with Crippen LogP contribution in [0.25, 0.3) is 10.9 Å². The monoisotopic (exact) mass is 445 g/mol. The molecule has 1 aromatic heterocycles. The lowest BCUT2D eigenvalue weighted by Gasteiger charge is -2.40. The third-order valence-electron chi connectivity index (χ3n) is 6.08. The van der Waals surface area contributed by atoms with E-state index in [0.29, 0.717) is 29.4 Å². The van der Waals surface area contributed by atoms with Gasteiger partial charge in [-0.1, -0.05) is 36.4 Å². The molecule has 0 amide bonds. The van der Waals surface area contributed by atoms with Gasteiger partial charge >= 0.3 is 0 Å². The predicted octanol–water partition coefficient (Wildman–Crippen LogP) is 1.27. The zero-order chi connectivity index (χ0) is 22.8.